The number of carbonyl (C=O) groups excluding carboxylic acids is 1. The van der Waals surface area contributed by atoms with Crippen LogP contribution in [0.25, 0.3) is 0 Å². The molecular formula is C8H8N2O4. The van der Waals surface area contributed by atoms with Crippen LogP contribution in [-0.4, -0.2) is 11.0 Å². The van der Waals surface area contributed by atoms with Crippen LogP contribution in [0.4, 0.5) is 0 Å². The summed E-state index contributed by atoms with van der Waals surface area (Å²) in [5.41, 5.74) is 5.97. The molecule has 74 valence electrons. The molecule has 0 bridgehead atoms. The highest BCUT2D eigenvalue weighted by Crippen LogP contribution is 2.04. The van der Waals surface area contributed by atoms with Gasteiger partial charge in [-0.3, -0.25) is 4.79 Å². The fraction of sp³-hybridized carbons (Fsp3) is 0.125. The lowest BCUT2D eigenvalue weighted by Crippen LogP contribution is -2.10. The minimum atomic E-state index is -0.873. The molecule has 1 amide bonds. The minimum absolute atomic E-state index is 0.133. The van der Waals surface area contributed by atoms with Crippen LogP contribution >= 0.6 is 0 Å². The SMILES string of the molecule is NC(=O)c1ccc(CO[N+](=O)[O-])cc1. The van der Waals surface area contributed by atoms with Crippen LogP contribution in [0.1, 0.15) is 15.9 Å². The Labute approximate surface area is 79.4 Å². The highest BCUT2D eigenvalue weighted by Gasteiger charge is 2.01. The van der Waals surface area contributed by atoms with Gasteiger partial charge in [0.25, 0.3) is 5.09 Å². The quantitative estimate of drug-likeness (QED) is 0.560. The first-order chi connectivity index (χ1) is 6.59. The van der Waals surface area contributed by atoms with Gasteiger partial charge in [0.1, 0.15) is 6.61 Å². The number of hydrogen-bond donors (Lipinski definition) is 1. The van der Waals surface area contributed by atoms with E-state index in [1.165, 1.54) is 12.1 Å². The van der Waals surface area contributed by atoms with E-state index in [2.05, 4.69) is 4.84 Å². The van der Waals surface area contributed by atoms with Crippen LogP contribution < -0.4 is 5.73 Å². The molecule has 0 radical (unpaired) electrons. The molecule has 1 aromatic rings. The van der Waals surface area contributed by atoms with Gasteiger partial charge >= 0.3 is 0 Å². The van der Waals surface area contributed by atoms with Crippen molar-refractivity contribution in [3.8, 4) is 0 Å². The Hall–Kier alpha value is -2.11. The number of hydrogen-bond acceptors (Lipinski definition) is 4. The molecule has 6 heteroatoms. The van der Waals surface area contributed by atoms with Gasteiger partial charge in [0.05, 0.1) is 0 Å². The van der Waals surface area contributed by atoms with Gasteiger partial charge in [-0.2, -0.15) is 0 Å². The van der Waals surface area contributed by atoms with E-state index in [4.69, 9.17) is 5.73 Å². The number of primary amides is 1. The van der Waals surface area contributed by atoms with E-state index in [1.807, 2.05) is 0 Å². The van der Waals surface area contributed by atoms with Gasteiger partial charge in [0, 0.05) is 5.56 Å². The normalized spacial score (nSPS) is 9.43. The molecule has 0 spiro atoms. The summed E-state index contributed by atoms with van der Waals surface area (Å²) >= 11 is 0. The summed E-state index contributed by atoms with van der Waals surface area (Å²) in [5, 5.41) is 8.98. The summed E-state index contributed by atoms with van der Waals surface area (Å²) < 4.78 is 0. The Balaban J connectivity index is 2.64. The van der Waals surface area contributed by atoms with Crippen molar-refractivity contribution in [3.63, 3.8) is 0 Å². The molecule has 0 aliphatic heterocycles. The van der Waals surface area contributed by atoms with E-state index in [9.17, 15) is 14.9 Å². The number of nitrogens with zero attached hydrogens (tertiary/aromatic N) is 1. The Morgan fingerprint density at radius 2 is 2.00 bits per heavy atom. The maximum Gasteiger partial charge on any atom is 0.294 e. The van der Waals surface area contributed by atoms with Gasteiger partial charge in [-0.15, -0.1) is 10.1 Å². The van der Waals surface area contributed by atoms with Gasteiger partial charge in [-0.25, -0.2) is 0 Å². The van der Waals surface area contributed by atoms with E-state index in [1.54, 1.807) is 12.1 Å². The third-order valence-electron chi connectivity index (χ3n) is 1.58. The van der Waals surface area contributed by atoms with E-state index in [0.29, 0.717) is 11.1 Å². The molecule has 14 heavy (non-hydrogen) atoms. The zero-order valence-electron chi connectivity index (χ0n) is 7.17. The molecule has 1 aromatic carbocycles. The average Bonchev–Trinajstić information content (AvgIpc) is 2.15. The lowest BCUT2D eigenvalue weighted by atomic mass is 10.1. The van der Waals surface area contributed by atoms with E-state index < -0.39 is 11.0 Å². The third-order valence-corrected chi connectivity index (χ3v) is 1.58. The molecule has 0 atom stereocenters. The molecule has 0 unspecified atom stereocenters. The zero-order chi connectivity index (χ0) is 10.6. The highest BCUT2D eigenvalue weighted by molar-refractivity contribution is 5.92. The first kappa shape index (κ1) is 9.97. The molecule has 6 nitrogen and oxygen atoms in total. The molecule has 2 N–H and O–H groups in total. The predicted molar refractivity (Wildman–Crippen MR) is 46.7 cm³/mol. The van der Waals surface area contributed by atoms with Gasteiger partial charge in [0.2, 0.25) is 5.91 Å². The van der Waals surface area contributed by atoms with Crippen LogP contribution in [-0.2, 0) is 11.4 Å². The van der Waals surface area contributed by atoms with Crippen molar-refractivity contribution in [2.24, 2.45) is 5.73 Å². The minimum Gasteiger partial charge on any atom is -0.366 e. The molecule has 1 rings (SSSR count). The number of rotatable bonds is 4. The number of nitrogens with two attached hydrogens (primary N) is 1. The van der Waals surface area contributed by atoms with Gasteiger partial charge in [-0.1, -0.05) is 12.1 Å². The zero-order valence-corrected chi connectivity index (χ0v) is 7.17. The number of benzene rings is 1. The number of amides is 1. The summed E-state index contributed by atoms with van der Waals surface area (Å²) in [6, 6.07) is 6.06. The first-order valence-corrected chi connectivity index (χ1v) is 3.75. The Morgan fingerprint density at radius 1 is 1.43 bits per heavy atom. The summed E-state index contributed by atoms with van der Waals surface area (Å²) in [4.78, 5) is 24.7. The fourth-order valence-electron chi connectivity index (χ4n) is 0.892. The lowest BCUT2D eigenvalue weighted by molar-refractivity contribution is -0.763. The van der Waals surface area contributed by atoms with Crippen LogP contribution in [0.15, 0.2) is 24.3 Å². The van der Waals surface area contributed by atoms with Gasteiger partial charge in [-0.05, 0) is 17.7 Å². The standard InChI is InChI=1S/C8H8N2O4/c9-8(11)7-3-1-6(2-4-7)5-14-10(12)13/h1-4H,5H2,(H2,9,11). The maximum absolute atomic E-state index is 10.7. The predicted octanol–water partition coefficient (Wildman–Crippen LogP) is 0.494. The summed E-state index contributed by atoms with van der Waals surface area (Å²) in [5.74, 6) is -0.535. The number of carbonyl (C=O) groups is 1. The monoisotopic (exact) mass is 196 g/mol. The fourth-order valence-corrected chi connectivity index (χ4v) is 0.892. The second kappa shape index (κ2) is 4.22. The van der Waals surface area contributed by atoms with Crippen molar-refractivity contribution in [2.75, 3.05) is 0 Å². The largest absolute Gasteiger partial charge is 0.366 e. The second-order valence-electron chi connectivity index (χ2n) is 2.56. The summed E-state index contributed by atoms with van der Waals surface area (Å²) in [6.07, 6.45) is 0. The van der Waals surface area contributed by atoms with Gasteiger partial charge < -0.3 is 10.6 Å². The van der Waals surface area contributed by atoms with Crippen LogP contribution in [0.5, 0.6) is 0 Å². The molecule has 0 aliphatic carbocycles. The van der Waals surface area contributed by atoms with Crippen LogP contribution in [0.2, 0.25) is 0 Å². The summed E-state index contributed by atoms with van der Waals surface area (Å²) in [7, 11) is 0. The van der Waals surface area contributed by atoms with Crippen molar-refractivity contribution >= 4 is 5.91 Å². The molecular weight excluding hydrogens is 188 g/mol. The topological polar surface area (TPSA) is 95.5 Å². The maximum atomic E-state index is 10.7. The average molecular weight is 196 g/mol. The van der Waals surface area contributed by atoms with Crippen molar-refractivity contribution in [3.05, 3.63) is 45.5 Å². The van der Waals surface area contributed by atoms with Crippen LogP contribution in [0, 0.1) is 10.1 Å². The lowest BCUT2D eigenvalue weighted by Gasteiger charge is -2.00. The highest BCUT2D eigenvalue weighted by atomic mass is 16.9. The first-order valence-electron chi connectivity index (χ1n) is 3.75. The van der Waals surface area contributed by atoms with Crippen molar-refractivity contribution in [1.82, 2.24) is 0 Å². The molecule has 0 saturated carbocycles. The van der Waals surface area contributed by atoms with E-state index in [-0.39, 0.29) is 6.61 Å². The molecule has 0 heterocycles. The Kier molecular flexibility index (Phi) is 3.01. The molecule has 0 fully saturated rings. The molecule has 0 aromatic heterocycles. The Bertz CT molecular complexity index is 347. The molecule has 0 saturated heterocycles. The smallest absolute Gasteiger partial charge is 0.294 e. The van der Waals surface area contributed by atoms with Crippen LogP contribution in [0.3, 0.4) is 0 Å². The van der Waals surface area contributed by atoms with Gasteiger partial charge in [0.15, 0.2) is 0 Å². The Morgan fingerprint density at radius 3 is 2.43 bits per heavy atom. The second-order valence-corrected chi connectivity index (χ2v) is 2.56. The van der Waals surface area contributed by atoms with Crippen molar-refractivity contribution in [1.29, 1.82) is 0 Å². The molecule has 0 aliphatic rings. The summed E-state index contributed by atoms with van der Waals surface area (Å²) in [6.45, 7) is -0.133. The van der Waals surface area contributed by atoms with E-state index in [0.717, 1.165) is 0 Å². The van der Waals surface area contributed by atoms with Crippen molar-refractivity contribution < 1.29 is 14.7 Å². The van der Waals surface area contributed by atoms with E-state index >= 15 is 0 Å². The third kappa shape index (κ3) is 2.74. The van der Waals surface area contributed by atoms with Crippen molar-refractivity contribution in [2.45, 2.75) is 6.61 Å².